The van der Waals surface area contributed by atoms with Gasteiger partial charge in [-0.3, -0.25) is 10.1 Å². The highest BCUT2D eigenvalue weighted by atomic mass is 16.1. The number of hydrogen-bond acceptors (Lipinski definition) is 5. The molecule has 4 aromatic rings. The van der Waals surface area contributed by atoms with Crippen LogP contribution in [0.2, 0.25) is 0 Å². The van der Waals surface area contributed by atoms with Crippen molar-refractivity contribution in [1.82, 2.24) is 24.1 Å². The first-order valence-electron chi connectivity index (χ1n) is 10.2. The minimum Gasteiger partial charge on any atom is -0.305 e. The topological polar surface area (TPSA) is 101 Å². The fourth-order valence-corrected chi connectivity index (χ4v) is 3.97. The highest BCUT2D eigenvalue weighted by Gasteiger charge is 2.23. The third-order valence-corrected chi connectivity index (χ3v) is 5.41. The number of nitriles is 1. The molecule has 0 atom stereocenters. The molecule has 0 saturated carbocycles. The first kappa shape index (κ1) is 20.5. The van der Waals surface area contributed by atoms with Crippen LogP contribution in [-0.2, 0) is 16.8 Å². The van der Waals surface area contributed by atoms with Crippen LogP contribution < -0.4 is 5.32 Å². The van der Waals surface area contributed by atoms with Crippen LogP contribution in [0.5, 0.6) is 0 Å². The van der Waals surface area contributed by atoms with Crippen molar-refractivity contribution >= 4 is 28.5 Å². The lowest BCUT2D eigenvalue weighted by Crippen LogP contribution is -2.26. The smallest absolute Gasteiger partial charge is 0.227 e. The molecule has 1 amide bonds. The third kappa shape index (κ3) is 3.63. The number of rotatable bonds is 4. The van der Waals surface area contributed by atoms with Crippen molar-refractivity contribution in [1.29, 1.82) is 5.26 Å². The summed E-state index contributed by atoms with van der Waals surface area (Å²) in [6.07, 6.45) is 2.32. The Hall–Kier alpha value is -3.73. The maximum atomic E-state index is 12.8. The zero-order valence-electron chi connectivity index (χ0n) is 18.4. The van der Waals surface area contributed by atoms with Gasteiger partial charge in [-0.2, -0.15) is 10.4 Å². The second-order valence-corrected chi connectivity index (χ2v) is 8.65. The summed E-state index contributed by atoms with van der Waals surface area (Å²) in [5.74, 6) is 0.435. The van der Waals surface area contributed by atoms with Crippen molar-refractivity contribution in [2.45, 2.75) is 53.0 Å². The minimum atomic E-state index is -0.237. The summed E-state index contributed by atoms with van der Waals surface area (Å²) in [5.41, 5.74) is 5.23. The van der Waals surface area contributed by atoms with Gasteiger partial charge in [0.05, 0.1) is 17.2 Å². The summed E-state index contributed by atoms with van der Waals surface area (Å²) in [6, 6.07) is 9.98. The fraction of sp³-hybridized carbons (Fsp3) is 0.348. The molecule has 3 heterocycles. The molecule has 0 saturated heterocycles. The first-order chi connectivity index (χ1) is 14.7. The molecule has 158 valence electrons. The van der Waals surface area contributed by atoms with Crippen LogP contribution in [0.1, 0.15) is 49.7 Å². The quantitative estimate of drug-likeness (QED) is 0.545. The summed E-state index contributed by atoms with van der Waals surface area (Å²) in [7, 11) is 0. The number of amides is 1. The number of nitrogens with one attached hydrogen (secondary N) is 1. The molecule has 0 bridgehead atoms. The van der Waals surface area contributed by atoms with Gasteiger partial charge >= 0.3 is 0 Å². The van der Waals surface area contributed by atoms with Gasteiger partial charge in [-0.05, 0) is 58.7 Å². The summed E-state index contributed by atoms with van der Waals surface area (Å²) in [6.45, 7) is 10.1. The Morgan fingerprint density at radius 1 is 1.19 bits per heavy atom. The number of aromatic nitrogens is 5. The Morgan fingerprint density at radius 2 is 1.94 bits per heavy atom. The van der Waals surface area contributed by atoms with E-state index in [1.165, 1.54) is 6.20 Å². The Bertz CT molecular complexity index is 1350. The van der Waals surface area contributed by atoms with Gasteiger partial charge in [-0.1, -0.05) is 12.1 Å². The van der Waals surface area contributed by atoms with E-state index in [2.05, 4.69) is 51.8 Å². The van der Waals surface area contributed by atoms with Gasteiger partial charge in [-0.15, -0.1) is 0 Å². The van der Waals surface area contributed by atoms with Crippen LogP contribution in [0.25, 0.3) is 16.7 Å². The van der Waals surface area contributed by atoms with Crippen molar-refractivity contribution in [2.75, 3.05) is 5.32 Å². The van der Waals surface area contributed by atoms with Gasteiger partial charge < -0.3 is 4.57 Å². The zero-order chi connectivity index (χ0) is 22.3. The van der Waals surface area contributed by atoms with E-state index in [1.54, 1.807) is 4.52 Å². The molecule has 0 radical (unpaired) electrons. The molecule has 8 heteroatoms. The molecular weight excluding hydrogens is 390 g/mol. The maximum Gasteiger partial charge on any atom is 0.227 e. The predicted molar refractivity (Wildman–Crippen MR) is 119 cm³/mol. The largest absolute Gasteiger partial charge is 0.305 e. The highest BCUT2D eigenvalue weighted by molar-refractivity contribution is 5.91. The van der Waals surface area contributed by atoms with E-state index < -0.39 is 0 Å². The SMILES string of the molecule is Cc1nc2c(C#N)cnn2c(C)c1CCC(=O)Nc1nc2ccccc2n1C(C)(C)C. The molecule has 1 aromatic carbocycles. The second kappa shape index (κ2) is 7.51. The number of carbonyl (C=O) groups is 1. The summed E-state index contributed by atoms with van der Waals surface area (Å²) >= 11 is 0. The molecule has 0 aliphatic heterocycles. The summed E-state index contributed by atoms with van der Waals surface area (Å²) < 4.78 is 3.72. The molecule has 3 aromatic heterocycles. The number of hydrogen-bond donors (Lipinski definition) is 1. The number of imidazole rings is 1. The monoisotopic (exact) mass is 415 g/mol. The van der Waals surface area contributed by atoms with Crippen molar-refractivity contribution < 1.29 is 4.79 Å². The van der Waals surface area contributed by atoms with Crippen molar-refractivity contribution in [3.8, 4) is 6.07 Å². The normalized spacial score (nSPS) is 11.7. The van der Waals surface area contributed by atoms with Crippen LogP contribution in [0.4, 0.5) is 5.95 Å². The minimum absolute atomic E-state index is 0.113. The fourth-order valence-electron chi connectivity index (χ4n) is 3.97. The second-order valence-electron chi connectivity index (χ2n) is 8.65. The standard InChI is InChI=1S/C23H25N7O/c1-14-17(15(2)30-21(26-14)16(12-24)13-25-30)10-11-20(31)28-22-27-18-8-6-7-9-19(18)29(22)23(3,4)5/h6-9,13H,10-11H2,1-5H3,(H,27,28,31). The van der Waals surface area contributed by atoms with E-state index in [0.29, 0.717) is 23.6 Å². The number of fused-ring (bicyclic) bond motifs is 2. The lowest BCUT2D eigenvalue weighted by atomic mass is 10.1. The molecular formula is C23H25N7O. The van der Waals surface area contributed by atoms with Crippen LogP contribution in [0.3, 0.4) is 0 Å². The lowest BCUT2D eigenvalue weighted by molar-refractivity contribution is -0.116. The van der Waals surface area contributed by atoms with Gasteiger partial charge in [0.2, 0.25) is 11.9 Å². The molecule has 4 rings (SSSR count). The van der Waals surface area contributed by atoms with Crippen molar-refractivity contribution in [2.24, 2.45) is 0 Å². The van der Waals surface area contributed by atoms with Gasteiger partial charge in [-0.25, -0.2) is 14.5 Å². The average molecular weight is 416 g/mol. The zero-order valence-corrected chi connectivity index (χ0v) is 18.4. The number of aryl methyl sites for hydroxylation is 2. The molecule has 0 fully saturated rings. The first-order valence-corrected chi connectivity index (χ1v) is 10.2. The number of para-hydroxylation sites is 2. The van der Waals surface area contributed by atoms with Crippen LogP contribution >= 0.6 is 0 Å². The molecule has 0 aliphatic carbocycles. The molecule has 31 heavy (non-hydrogen) atoms. The molecule has 0 spiro atoms. The Balaban J connectivity index is 1.58. The van der Waals surface area contributed by atoms with Crippen LogP contribution in [0, 0.1) is 25.2 Å². The van der Waals surface area contributed by atoms with Gasteiger partial charge in [0.25, 0.3) is 0 Å². The Morgan fingerprint density at radius 3 is 2.65 bits per heavy atom. The lowest BCUT2D eigenvalue weighted by Gasteiger charge is -2.24. The van der Waals surface area contributed by atoms with E-state index >= 15 is 0 Å². The molecule has 1 N–H and O–H groups in total. The number of carbonyl (C=O) groups excluding carboxylic acids is 1. The van der Waals surface area contributed by atoms with E-state index in [-0.39, 0.29) is 17.9 Å². The predicted octanol–water partition coefficient (Wildman–Crippen LogP) is 3.89. The van der Waals surface area contributed by atoms with E-state index in [0.717, 1.165) is 28.0 Å². The molecule has 0 aliphatic rings. The number of anilines is 1. The summed E-state index contributed by atoms with van der Waals surface area (Å²) in [5, 5.41) is 16.5. The average Bonchev–Trinajstić information content (AvgIpc) is 3.27. The van der Waals surface area contributed by atoms with E-state index in [1.807, 2.05) is 38.1 Å². The maximum absolute atomic E-state index is 12.8. The molecule has 0 unspecified atom stereocenters. The highest BCUT2D eigenvalue weighted by Crippen LogP contribution is 2.28. The van der Waals surface area contributed by atoms with Crippen molar-refractivity contribution in [3.63, 3.8) is 0 Å². The van der Waals surface area contributed by atoms with E-state index in [9.17, 15) is 10.1 Å². The Kier molecular flexibility index (Phi) is 4.97. The van der Waals surface area contributed by atoms with Crippen LogP contribution in [-0.4, -0.2) is 30.1 Å². The van der Waals surface area contributed by atoms with Crippen LogP contribution in [0.15, 0.2) is 30.5 Å². The van der Waals surface area contributed by atoms with Crippen molar-refractivity contribution in [3.05, 3.63) is 53.0 Å². The third-order valence-electron chi connectivity index (χ3n) is 5.41. The molecule has 8 nitrogen and oxygen atoms in total. The van der Waals surface area contributed by atoms with Gasteiger partial charge in [0.15, 0.2) is 5.65 Å². The van der Waals surface area contributed by atoms with Gasteiger partial charge in [0.1, 0.15) is 11.6 Å². The number of benzene rings is 1. The van der Waals surface area contributed by atoms with E-state index in [4.69, 9.17) is 0 Å². The van der Waals surface area contributed by atoms with Gasteiger partial charge in [0, 0.05) is 23.3 Å². The number of nitrogens with zero attached hydrogens (tertiary/aromatic N) is 6. The summed E-state index contributed by atoms with van der Waals surface area (Å²) in [4.78, 5) is 22.0. The Labute approximate surface area is 180 Å².